The maximum atomic E-state index is 10.3. The van der Waals surface area contributed by atoms with Crippen molar-refractivity contribution >= 4 is 16.9 Å². The van der Waals surface area contributed by atoms with E-state index in [1.807, 2.05) is 12.1 Å². The minimum atomic E-state index is -0.431. The molecule has 0 saturated heterocycles. The van der Waals surface area contributed by atoms with Crippen LogP contribution < -0.4 is 10.5 Å². The maximum absolute atomic E-state index is 10.3. The van der Waals surface area contributed by atoms with Crippen LogP contribution in [-0.2, 0) is 5.54 Å². The second-order valence-electron chi connectivity index (χ2n) is 7.23. The minimum Gasteiger partial charge on any atom is -0.490 e. The molecule has 4 atom stereocenters. The van der Waals surface area contributed by atoms with E-state index in [2.05, 4.69) is 16.0 Å². The van der Waals surface area contributed by atoms with Gasteiger partial charge in [-0.25, -0.2) is 15.0 Å². The van der Waals surface area contributed by atoms with Crippen molar-refractivity contribution in [2.24, 2.45) is 16.6 Å². The van der Waals surface area contributed by atoms with Crippen molar-refractivity contribution in [3.63, 3.8) is 0 Å². The topological polar surface area (TPSA) is 93.6 Å². The fourth-order valence-corrected chi connectivity index (χ4v) is 5.53. The third-order valence-corrected chi connectivity index (χ3v) is 6.71. The van der Waals surface area contributed by atoms with E-state index in [9.17, 15) is 5.11 Å². The van der Waals surface area contributed by atoms with E-state index in [0.717, 1.165) is 41.0 Å². The van der Waals surface area contributed by atoms with Crippen molar-refractivity contribution in [1.82, 2.24) is 9.97 Å². The third kappa shape index (κ3) is 2.41. The Morgan fingerprint density at radius 3 is 2.81 bits per heavy atom. The molecular weight excluding hydrogens is 348 g/mol. The lowest BCUT2D eigenvalue weighted by Crippen LogP contribution is -2.51. The lowest BCUT2D eigenvalue weighted by molar-refractivity contribution is -0.0236. The normalized spacial score (nSPS) is 32.5. The van der Waals surface area contributed by atoms with E-state index < -0.39 is 5.54 Å². The summed E-state index contributed by atoms with van der Waals surface area (Å²) in [6.45, 7) is 0. The summed E-state index contributed by atoms with van der Waals surface area (Å²) in [7, 11) is 0. The summed E-state index contributed by atoms with van der Waals surface area (Å²) in [6, 6.07) is 6.20. The Bertz CT molecular complexity index is 875. The van der Waals surface area contributed by atoms with Crippen LogP contribution in [0.15, 0.2) is 41.9 Å². The van der Waals surface area contributed by atoms with E-state index in [1.54, 1.807) is 24.2 Å². The molecule has 5 rings (SSSR count). The first-order valence-electron chi connectivity index (χ1n) is 8.88. The molecule has 1 unspecified atom stereocenters. The van der Waals surface area contributed by atoms with Crippen molar-refractivity contribution in [2.75, 3.05) is 5.75 Å². The van der Waals surface area contributed by atoms with Crippen molar-refractivity contribution in [2.45, 2.75) is 37.0 Å². The molecule has 6 nitrogen and oxygen atoms in total. The van der Waals surface area contributed by atoms with Crippen LogP contribution in [0.5, 0.6) is 5.75 Å². The molecule has 26 heavy (non-hydrogen) atoms. The quantitative estimate of drug-likeness (QED) is 0.802. The Kier molecular flexibility index (Phi) is 3.68. The molecule has 2 aromatic rings. The van der Waals surface area contributed by atoms with Gasteiger partial charge in [0.05, 0.1) is 6.10 Å². The van der Waals surface area contributed by atoms with Crippen molar-refractivity contribution in [3.8, 4) is 16.9 Å². The van der Waals surface area contributed by atoms with E-state index in [4.69, 9.17) is 15.5 Å². The predicted octanol–water partition coefficient (Wildman–Crippen LogP) is 2.32. The highest BCUT2D eigenvalue weighted by Crippen LogP contribution is 2.54. The van der Waals surface area contributed by atoms with Crippen LogP contribution in [0.25, 0.3) is 11.1 Å². The van der Waals surface area contributed by atoms with Gasteiger partial charge in [-0.05, 0) is 37.0 Å². The fraction of sp³-hybridized carbons (Fsp3) is 0.421. The van der Waals surface area contributed by atoms with Crippen LogP contribution in [0.1, 0.15) is 24.8 Å². The van der Waals surface area contributed by atoms with Gasteiger partial charge in [-0.15, -0.1) is 0 Å². The second kappa shape index (κ2) is 5.96. The lowest BCUT2D eigenvalue weighted by Gasteiger charge is -2.48. The van der Waals surface area contributed by atoms with Crippen LogP contribution in [0.4, 0.5) is 0 Å². The molecular formula is C19H20N4O2S. The summed E-state index contributed by atoms with van der Waals surface area (Å²) >= 11 is 1.59. The summed E-state index contributed by atoms with van der Waals surface area (Å²) in [6.07, 6.45) is 7.23. The number of benzene rings is 1. The van der Waals surface area contributed by atoms with Gasteiger partial charge in [-0.2, -0.15) is 0 Å². The highest BCUT2D eigenvalue weighted by Gasteiger charge is 2.54. The van der Waals surface area contributed by atoms with Gasteiger partial charge in [0.25, 0.3) is 0 Å². The van der Waals surface area contributed by atoms with Crippen LogP contribution in [0.3, 0.4) is 0 Å². The molecule has 1 saturated carbocycles. The van der Waals surface area contributed by atoms with Crippen LogP contribution in [0.2, 0.25) is 0 Å². The molecule has 3 aliphatic rings. The predicted molar refractivity (Wildman–Crippen MR) is 101 cm³/mol. The zero-order valence-corrected chi connectivity index (χ0v) is 15.0. The van der Waals surface area contributed by atoms with Gasteiger partial charge in [0, 0.05) is 35.2 Å². The summed E-state index contributed by atoms with van der Waals surface area (Å²) in [5.41, 5.74) is 8.71. The molecule has 1 spiro atoms. The summed E-state index contributed by atoms with van der Waals surface area (Å²) in [5.74, 6) is 1.80. The van der Waals surface area contributed by atoms with E-state index in [-0.39, 0.29) is 18.1 Å². The highest BCUT2D eigenvalue weighted by molar-refractivity contribution is 8.14. The standard InChI is InChI=1S/C19H20N4O2S/c20-18-23-19(9-26-18)14-5-11(12-7-21-10-22-8-12)1-3-16(14)25-17-4-2-13(24)6-15(17)19/h1,3,5,7-8,10,13,15,17,24H,2,4,6,9H2,(H2,20,23)/t13-,15-,17?,19-/m0/s1. The van der Waals surface area contributed by atoms with Gasteiger partial charge in [0.2, 0.25) is 0 Å². The van der Waals surface area contributed by atoms with Crippen LogP contribution >= 0.6 is 11.8 Å². The summed E-state index contributed by atoms with van der Waals surface area (Å²) in [5, 5.41) is 10.9. The number of thioether (sulfide) groups is 1. The van der Waals surface area contributed by atoms with Crippen LogP contribution in [-0.4, -0.2) is 38.2 Å². The van der Waals surface area contributed by atoms with Gasteiger partial charge in [0.15, 0.2) is 5.17 Å². The van der Waals surface area contributed by atoms with E-state index in [1.165, 1.54) is 6.33 Å². The number of amidine groups is 1. The Morgan fingerprint density at radius 1 is 1.19 bits per heavy atom. The molecule has 1 aliphatic carbocycles. The number of aromatic nitrogens is 2. The highest BCUT2D eigenvalue weighted by atomic mass is 32.2. The van der Waals surface area contributed by atoms with Gasteiger partial charge in [0.1, 0.15) is 23.7 Å². The molecule has 0 amide bonds. The molecule has 7 heteroatoms. The van der Waals surface area contributed by atoms with Gasteiger partial charge >= 0.3 is 0 Å². The molecule has 1 fully saturated rings. The van der Waals surface area contributed by atoms with Gasteiger partial charge in [-0.3, -0.25) is 0 Å². The molecule has 1 aromatic heterocycles. The Morgan fingerprint density at radius 2 is 2.04 bits per heavy atom. The maximum Gasteiger partial charge on any atom is 0.154 e. The van der Waals surface area contributed by atoms with Gasteiger partial charge < -0.3 is 15.6 Å². The Balaban J connectivity index is 1.67. The molecule has 3 N–H and O–H groups in total. The molecule has 0 radical (unpaired) electrons. The molecule has 3 heterocycles. The number of hydrogen-bond acceptors (Lipinski definition) is 7. The first-order valence-corrected chi connectivity index (χ1v) is 9.87. The molecule has 134 valence electrons. The SMILES string of the molecule is NC1=N[C@@]2(CS1)c1cc(-c3cncnc3)ccc1OC1CC[C@H](O)C[C@@H]12. The molecule has 2 aliphatic heterocycles. The summed E-state index contributed by atoms with van der Waals surface area (Å²) < 4.78 is 6.34. The number of aliphatic hydroxyl groups excluding tert-OH is 1. The summed E-state index contributed by atoms with van der Waals surface area (Å²) in [4.78, 5) is 13.2. The fourth-order valence-electron chi connectivity index (χ4n) is 4.50. The lowest BCUT2D eigenvalue weighted by atomic mass is 9.68. The molecule has 1 aromatic carbocycles. The largest absolute Gasteiger partial charge is 0.490 e. The number of nitrogens with two attached hydrogens (primary N) is 1. The number of fused-ring (bicyclic) bond motifs is 4. The Labute approximate surface area is 155 Å². The minimum absolute atomic E-state index is 0.0760. The third-order valence-electron chi connectivity index (χ3n) is 5.74. The van der Waals surface area contributed by atoms with Crippen LogP contribution in [0, 0.1) is 5.92 Å². The number of ether oxygens (including phenoxy) is 1. The number of hydrogen-bond donors (Lipinski definition) is 2. The van der Waals surface area contributed by atoms with Crippen molar-refractivity contribution < 1.29 is 9.84 Å². The first kappa shape index (κ1) is 16.1. The van der Waals surface area contributed by atoms with E-state index >= 15 is 0 Å². The zero-order valence-electron chi connectivity index (χ0n) is 14.2. The number of rotatable bonds is 1. The van der Waals surface area contributed by atoms with Crippen molar-refractivity contribution in [3.05, 3.63) is 42.5 Å². The van der Waals surface area contributed by atoms with Gasteiger partial charge in [-0.1, -0.05) is 17.8 Å². The molecule has 0 bridgehead atoms. The monoisotopic (exact) mass is 368 g/mol. The number of aliphatic imine (C=N–C) groups is 1. The second-order valence-corrected chi connectivity index (χ2v) is 8.23. The number of nitrogens with zero attached hydrogens (tertiary/aromatic N) is 3. The van der Waals surface area contributed by atoms with E-state index in [0.29, 0.717) is 11.6 Å². The zero-order chi connectivity index (χ0) is 17.7. The number of aliphatic hydroxyl groups is 1. The average Bonchev–Trinajstić information content (AvgIpc) is 3.06. The Hall–Kier alpha value is -2.12. The van der Waals surface area contributed by atoms with Crippen molar-refractivity contribution in [1.29, 1.82) is 0 Å². The first-order chi connectivity index (χ1) is 12.7. The smallest absolute Gasteiger partial charge is 0.154 e. The average molecular weight is 368 g/mol.